The van der Waals surface area contributed by atoms with Gasteiger partial charge in [-0.15, -0.1) is 0 Å². The number of hydrogen-bond acceptors (Lipinski definition) is 2. The van der Waals surface area contributed by atoms with Crippen LogP contribution in [-0.4, -0.2) is 16.2 Å². The third-order valence-electron chi connectivity index (χ3n) is 4.17. The van der Waals surface area contributed by atoms with Crippen LogP contribution in [0.1, 0.15) is 43.9 Å². The summed E-state index contributed by atoms with van der Waals surface area (Å²) < 4.78 is 0. The predicted molar refractivity (Wildman–Crippen MR) is 82.9 cm³/mol. The number of hydrogen-bond donors (Lipinski definition) is 2. The molecule has 0 aliphatic heterocycles. The summed E-state index contributed by atoms with van der Waals surface area (Å²) in [4.78, 5) is 11.3. The molecule has 2 N–H and O–H groups in total. The quantitative estimate of drug-likeness (QED) is 0.814. The molecule has 1 aliphatic rings. The molecule has 0 saturated heterocycles. The minimum atomic E-state index is -0.820. The van der Waals surface area contributed by atoms with E-state index in [1.165, 1.54) is 5.56 Å². The molecule has 1 aromatic rings. The highest BCUT2D eigenvalue weighted by Gasteiger charge is 2.34. The maximum Gasteiger partial charge on any atom is 0.307 e. The van der Waals surface area contributed by atoms with Crippen molar-refractivity contribution in [3.05, 3.63) is 47.5 Å². The van der Waals surface area contributed by atoms with E-state index in [1.807, 2.05) is 36.4 Å². The first-order chi connectivity index (χ1) is 9.99. The van der Waals surface area contributed by atoms with Gasteiger partial charge in [0.15, 0.2) is 0 Å². The Morgan fingerprint density at radius 2 is 1.81 bits per heavy atom. The molecule has 0 spiro atoms. The molecule has 114 valence electrons. The molecule has 1 aromatic carbocycles. The zero-order valence-electron chi connectivity index (χ0n) is 12.7. The van der Waals surface area contributed by atoms with Crippen molar-refractivity contribution in [2.45, 2.75) is 39.2 Å². The molecule has 0 fully saturated rings. The lowest BCUT2D eigenvalue weighted by Gasteiger charge is -2.29. The topological polar surface area (TPSA) is 57.5 Å². The second-order valence-electron chi connectivity index (χ2n) is 6.34. The number of carbonyl (C=O) groups is 1. The van der Waals surface area contributed by atoms with Crippen molar-refractivity contribution in [1.82, 2.24) is 0 Å². The molecule has 0 amide bonds. The Balaban J connectivity index is 2.13. The number of aliphatic hydroxyl groups is 1. The Labute approximate surface area is 126 Å². The average molecular weight is 288 g/mol. The van der Waals surface area contributed by atoms with Gasteiger partial charge in [-0.1, -0.05) is 50.3 Å². The maximum atomic E-state index is 11.3. The van der Waals surface area contributed by atoms with Crippen LogP contribution in [0.4, 0.5) is 0 Å². The molecule has 2 rings (SSSR count). The van der Waals surface area contributed by atoms with Crippen LogP contribution < -0.4 is 0 Å². The zero-order chi connectivity index (χ0) is 15.4. The number of rotatable bonds is 5. The van der Waals surface area contributed by atoms with Crippen molar-refractivity contribution in [3.63, 3.8) is 0 Å². The van der Waals surface area contributed by atoms with Crippen molar-refractivity contribution < 1.29 is 15.0 Å². The molecular weight excluding hydrogens is 264 g/mol. The van der Waals surface area contributed by atoms with E-state index in [0.717, 1.165) is 12.0 Å². The highest BCUT2D eigenvalue weighted by Crippen LogP contribution is 2.36. The Kier molecular flexibility index (Phi) is 5.18. The number of aliphatic hydroxyl groups excluding tert-OH is 1. The fourth-order valence-electron chi connectivity index (χ4n) is 3.04. The van der Waals surface area contributed by atoms with Gasteiger partial charge in [-0.25, -0.2) is 0 Å². The number of aliphatic carboxylic acids is 1. The molecule has 3 atom stereocenters. The summed E-state index contributed by atoms with van der Waals surface area (Å²) in [6.07, 6.45) is 5.28. The van der Waals surface area contributed by atoms with Gasteiger partial charge in [-0.2, -0.15) is 0 Å². The van der Waals surface area contributed by atoms with Crippen molar-refractivity contribution in [1.29, 1.82) is 0 Å². The van der Waals surface area contributed by atoms with Gasteiger partial charge in [-0.3, -0.25) is 4.79 Å². The second kappa shape index (κ2) is 6.90. The maximum absolute atomic E-state index is 11.3. The van der Waals surface area contributed by atoms with Gasteiger partial charge in [0.05, 0.1) is 12.0 Å². The van der Waals surface area contributed by atoms with Gasteiger partial charge in [0.25, 0.3) is 0 Å². The van der Waals surface area contributed by atoms with E-state index in [0.29, 0.717) is 18.8 Å². The standard InChI is InChI=1S/C18H24O3/c1-12(2)11-13-7-9-14(10-8-13)17(19)15-5-3-4-6-16(15)18(20)21/h3-4,7-10,12,15-17,19H,5-6,11H2,1-2H3,(H,20,21). The second-order valence-corrected chi connectivity index (χ2v) is 6.34. The predicted octanol–water partition coefficient (Wildman–Crippen LogP) is 3.59. The first kappa shape index (κ1) is 15.8. The first-order valence-electron chi connectivity index (χ1n) is 7.63. The smallest absolute Gasteiger partial charge is 0.307 e. The molecule has 3 heteroatoms. The highest BCUT2D eigenvalue weighted by molar-refractivity contribution is 5.71. The van der Waals surface area contributed by atoms with Crippen LogP contribution >= 0.6 is 0 Å². The number of carboxylic acid groups (broad SMARTS) is 1. The van der Waals surface area contributed by atoms with Gasteiger partial charge in [0.1, 0.15) is 0 Å². The van der Waals surface area contributed by atoms with Gasteiger partial charge in [0, 0.05) is 5.92 Å². The molecular formula is C18H24O3. The monoisotopic (exact) mass is 288 g/mol. The van der Waals surface area contributed by atoms with Gasteiger partial charge >= 0.3 is 5.97 Å². The Hall–Kier alpha value is -1.61. The normalized spacial score (nSPS) is 23.2. The molecule has 0 saturated carbocycles. The minimum Gasteiger partial charge on any atom is -0.481 e. The highest BCUT2D eigenvalue weighted by atomic mass is 16.4. The summed E-state index contributed by atoms with van der Waals surface area (Å²) in [5.41, 5.74) is 2.06. The van der Waals surface area contributed by atoms with E-state index in [4.69, 9.17) is 0 Å². The van der Waals surface area contributed by atoms with Crippen LogP contribution in [-0.2, 0) is 11.2 Å². The third kappa shape index (κ3) is 3.94. The Bertz CT molecular complexity index is 502. The van der Waals surface area contributed by atoms with E-state index < -0.39 is 18.0 Å². The number of carboxylic acids is 1. The SMILES string of the molecule is CC(C)Cc1ccc(C(O)C2CC=CCC2C(=O)O)cc1. The van der Waals surface area contributed by atoms with Crippen LogP contribution in [0, 0.1) is 17.8 Å². The van der Waals surface area contributed by atoms with Gasteiger partial charge < -0.3 is 10.2 Å². The van der Waals surface area contributed by atoms with Crippen molar-refractivity contribution in [2.75, 3.05) is 0 Å². The summed E-state index contributed by atoms with van der Waals surface area (Å²) >= 11 is 0. The van der Waals surface area contributed by atoms with Crippen LogP contribution in [0.25, 0.3) is 0 Å². The minimum absolute atomic E-state index is 0.247. The average Bonchev–Trinajstić information content (AvgIpc) is 2.46. The lowest BCUT2D eigenvalue weighted by Crippen LogP contribution is -2.29. The van der Waals surface area contributed by atoms with Crippen LogP contribution in [0.2, 0.25) is 0 Å². The van der Waals surface area contributed by atoms with E-state index in [2.05, 4.69) is 13.8 Å². The summed E-state index contributed by atoms with van der Waals surface area (Å²) in [6, 6.07) is 7.93. The summed E-state index contributed by atoms with van der Waals surface area (Å²) in [5, 5.41) is 19.8. The van der Waals surface area contributed by atoms with Crippen molar-refractivity contribution in [2.24, 2.45) is 17.8 Å². The zero-order valence-corrected chi connectivity index (χ0v) is 12.7. The van der Waals surface area contributed by atoms with E-state index in [-0.39, 0.29) is 5.92 Å². The molecule has 21 heavy (non-hydrogen) atoms. The van der Waals surface area contributed by atoms with Gasteiger partial charge in [-0.05, 0) is 36.3 Å². The third-order valence-corrected chi connectivity index (χ3v) is 4.17. The van der Waals surface area contributed by atoms with E-state index >= 15 is 0 Å². The lowest BCUT2D eigenvalue weighted by molar-refractivity contribution is -0.145. The molecule has 0 bridgehead atoms. The van der Waals surface area contributed by atoms with Crippen LogP contribution in [0.15, 0.2) is 36.4 Å². The summed E-state index contributed by atoms with van der Waals surface area (Å²) in [5.74, 6) is -0.968. The summed E-state index contributed by atoms with van der Waals surface area (Å²) in [6.45, 7) is 4.35. The largest absolute Gasteiger partial charge is 0.481 e. The number of allylic oxidation sites excluding steroid dienone is 2. The van der Waals surface area contributed by atoms with E-state index in [9.17, 15) is 15.0 Å². The molecule has 0 aromatic heterocycles. The fraction of sp³-hybridized carbons (Fsp3) is 0.500. The van der Waals surface area contributed by atoms with E-state index in [1.54, 1.807) is 0 Å². The molecule has 3 unspecified atom stereocenters. The molecule has 3 nitrogen and oxygen atoms in total. The first-order valence-corrected chi connectivity index (χ1v) is 7.63. The Morgan fingerprint density at radius 3 is 2.38 bits per heavy atom. The van der Waals surface area contributed by atoms with Crippen molar-refractivity contribution in [3.8, 4) is 0 Å². The lowest BCUT2D eigenvalue weighted by atomic mass is 9.77. The molecule has 0 heterocycles. The Morgan fingerprint density at radius 1 is 1.19 bits per heavy atom. The van der Waals surface area contributed by atoms with Crippen molar-refractivity contribution >= 4 is 5.97 Å². The fourth-order valence-corrected chi connectivity index (χ4v) is 3.04. The van der Waals surface area contributed by atoms with Crippen LogP contribution in [0.5, 0.6) is 0 Å². The molecule has 0 radical (unpaired) electrons. The molecule has 1 aliphatic carbocycles. The van der Waals surface area contributed by atoms with Crippen LogP contribution in [0.3, 0.4) is 0 Å². The summed E-state index contributed by atoms with van der Waals surface area (Å²) in [7, 11) is 0. The number of benzene rings is 1. The van der Waals surface area contributed by atoms with Gasteiger partial charge in [0.2, 0.25) is 0 Å².